The number of carbonyl (C=O) groups is 2. The minimum Gasteiger partial charge on any atom is -0.298 e. The molecule has 3 rings (SSSR count). The number of amides is 1. The fourth-order valence-corrected chi connectivity index (χ4v) is 3.87. The number of Topliss-reactive ketones (excluding diaryl/α,β-unsaturated/α-hetero) is 1. The Balaban J connectivity index is 1.93. The number of carbonyl (C=O) groups excluding carboxylic acids is 2. The van der Waals surface area contributed by atoms with Crippen LogP contribution in [0.3, 0.4) is 0 Å². The largest absolute Gasteiger partial charge is 0.298 e. The number of thiazole rings is 1. The zero-order valence-electron chi connectivity index (χ0n) is 13.8. The minimum absolute atomic E-state index is 0.0682. The lowest BCUT2D eigenvalue weighted by Crippen LogP contribution is -2.12. The molecule has 0 saturated carbocycles. The van der Waals surface area contributed by atoms with Gasteiger partial charge in [-0.1, -0.05) is 53.8 Å². The highest BCUT2D eigenvalue weighted by atomic mass is 32.2. The molecule has 0 bridgehead atoms. The van der Waals surface area contributed by atoms with E-state index < -0.39 is 0 Å². The normalized spacial score (nSPS) is 10.5. The molecular formula is C19H16N2O2S2. The first kappa shape index (κ1) is 17.4. The zero-order valence-corrected chi connectivity index (χ0v) is 15.4. The zero-order chi connectivity index (χ0) is 17.8. The van der Waals surface area contributed by atoms with Gasteiger partial charge in [0.1, 0.15) is 0 Å². The van der Waals surface area contributed by atoms with Gasteiger partial charge in [0.15, 0.2) is 10.9 Å². The van der Waals surface area contributed by atoms with Crippen LogP contribution in [0.15, 0.2) is 59.5 Å². The Labute approximate surface area is 154 Å². The fourth-order valence-electron chi connectivity index (χ4n) is 2.40. The Kier molecular flexibility index (Phi) is 5.31. The molecule has 1 amide bonds. The Bertz CT molecular complexity index is 920. The lowest BCUT2D eigenvalue weighted by molar-refractivity contribution is 0.101. The number of benzene rings is 2. The summed E-state index contributed by atoms with van der Waals surface area (Å²) in [4.78, 5) is 30.5. The highest BCUT2D eigenvalue weighted by Gasteiger charge is 2.19. The second-order valence-electron chi connectivity index (χ2n) is 5.27. The van der Waals surface area contributed by atoms with E-state index in [-0.39, 0.29) is 11.7 Å². The van der Waals surface area contributed by atoms with Crippen LogP contribution in [-0.4, -0.2) is 22.9 Å². The molecule has 0 radical (unpaired) electrons. The molecule has 0 aliphatic rings. The number of rotatable bonds is 5. The number of hydrogen-bond donors (Lipinski definition) is 1. The summed E-state index contributed by atoms with van der Waals surface area (Å²) in [7, 11) is 0. The third kappa shape index (κ3) is 3.81. The highest BCUT2D eigenvalue weighted by molar-refractivity contribution is 7.98. The first-order valence-corrected chi connectivity index (χ1v) is 9.66. The monoisotopic (exact) mass is 368 g/mol. The van der Waals surface area contributed by atoms with Gasteiger partial charge < -0.3 is 0 Å². The van der Waals surface area contributed by atoms with Crippen molar-refractivity contribution in [1.82, 2.24) is 4.98 Å². The van der Waals surface area contributed by atoms with Crippen molar-refractivity contribution in [1.29, 1.82) is 0 Å². The van der Waals surface area contributed by atoms with Gasteiger partial charge in [-0.3, -0.25) is 14.9 Å². The molecule has 126 valence electrons. The third-order valence-corrected chi connectivity index (χ3v) is 5.43. The lowest BCUT2D eigenvalue weighted by Gasteiger charge is -2.06. The van der Waals surface area contributed by atoms with E-state index in [2.05, 4.69) is 10.3 Å². The van der Waals surface area contributed by atoms with E-state index in [1.165, 1.54) is 30.0 Å². The summed E-state index contributed by atoms with van der Waals surface area (Å²) in [5.41, 5.74) is 2.05. The maximum Gasteiger partial charge on any atom is 0.258 e. The predicted octanol–water partition coefficient (Wildman–Crippen LogP) is 4.99. The van der Waals surface area contributed by atoms with Gasteiger partial charge >= 0.3 is 0 Å². The molecule has 2 aromatic carbocycles. The van der Waals surface area contributed by atoms with Crippen molar-refractivity contribution in [2.75, 3.05) is 11.6 Å². The number of nitrogens with one attached hydrogen (secondary N) is 1. The van der Waals surface area contributed by atoms with E-state index in [9.17, 15) is 9.59 Å². The molecule has 0 saturated heterocycles. The van der Waals surface area contributed by atoms with Gasteiger partial charge in [0.25, 0.3) is 5.91 Å². The van der Waals surface area contributed by atoms with E-state index in [4.69, 9.17) is 0 Å². The SMILES string of the molecule is CSc1ccccc1C(=O)Nc1nc(-c2ccccc2)c(C(C)=O)s1. The summed E-state index contributed by atoms with van der Waals surface area (Å²) < 4.78 is 0. The quantitative estimate of drug-likeness (QED) is 0.509. The van der Waals surface area contributed by atoms with Crippen LogP contribution in [0.5, 0.6) is 0 Å². The first-order chi connectivity index (χ1) is 12.1. The molecule has 4 nitrogen and oxygen atoms in total. The van der Waals surface area contributed by atoms with Crippen molar-refractivity contribution in [2.24, 2.45) is 0 Å². The maximum absolute atomic E-state index is 12.6. The molecule has 1 N–H and O–H groups in total. The predicted molar refractivity (Wildman–Crippen MR) is 104 cm³/mol. The van der Waals surface area contributed by atoms with E-state index in [1.54, 1.807) is 6.07 Å². The van der Waals surface area contributed by atoms with Crippen molar-refractivity contribution in [2.45, 2.75) is 11.8 Å². The van der Waals surface area contributed by atoms with E-state index >= 15 is 0 Å². The minimum atomic E-state index is -0.228. The van der Waals surface area contributed by atoms with Crippen molar-refractivity contribution < 1.29 is 9.59 Å². The summed E-state index contributed by atoms with van der Waals surface area (Å²) in [5.74, 6) is -0.297. The second kappa shape index (κ2) is 7.63. The first-order valence-electron chi connectivity index (χ1n) is 7.61. The van der Waals surface area contributed by atoms with Gasteiger partial charge in [-0.2, -0.15) is 0 Å². The summed E-state index contributed by atoms with van der Waals surface area (Å²) in [6, 6.07) is 16.9. The fraction of sp³-hybridized carbons (Fsp3) is 0.105. The van der Waals surface area contributed by atoms with Crippen LogP contribution in [0.4, 0.5) is 5.13 Å². The van der Waals surface area contributed by atoms with Crippen LogP contribution in [0.25, 0.3) is 11.3 Å². The molecule has 3 aromatic rings. The number of thioether (sulfide) groups is 1. The van der Waals surface area contributed by atoms with Crippen LogP contribution in [-0.2, 0) is 0 Å². The number of hydrogen-bond acceptors (Lipinski definition) is 5. The molecule has 0 unspecified atom stereocenters. The molecule has 1 heterocycles. The molecule has 0 spiro atoms. The van der Waals surface area contributed by atoms with Gasteiger partial charge in [-0.05, 0) is 18.4 Å². The summed E-state index contributed by atoms with van der Waals surface area (Å²) in [5, 5.41) is 3.24. The Morgan fingerprint density at radius 1 is 1.04 bits per heavy atom. The Hall–Kier alpha value is -2.44. The molecule has 0 atom stereocenters. The molecule has 0 fully saturated rings. The van der Waals surface area contributed by atoms with E-state index in [0.29, 0.717) is 21.3 Å². The molecule has 0 aliphatic carbocycles. The standard InChI is InChI=1S/C19H16N2O2S2/c1-12(22)17-16(13-8-4-3-5-9-13)20-19(25-17)21-18(23)14-10-6-7-11-15(14)24-2/h3-11H,1-2H3,(H,20,21,23). The van der Waals surface area contributed by atoms with Gasteiger partial charge in [0, 0.05) is 17.4 Å². The molecule has 6 heteroatoms. The van der Waals surface area contributed by atoms with Gasteiger partial charge in [-0.25, -0.2) is 4.98 Å². The number of ketones is 1. The van der Waals surface area contributed by atoms with Crippen LogP contribution >= 0.6 is 23.1 Å². The second-order valence-corrected chi connectivity index (χ2v) is 7.12. The summed E-state index contributed by atoms with van der Waals surface area (Å²) >= 11 is 2.71. The summed E-state index contributed by atoms with van der Waals surface area (Å²) in [6.07, 6.45) is 1.93. The van der Waals surface area contributed by atoms with Crippen LogP contribution in [0.1, 0.15) is 27.0 Å². The van der Waals surface area contributed by atoms with Crippen LogP contribution in [0, 0.1) is 0 Å². The van der Waals surface area contributed by atoms with E-state index in [0.717, 1.165) is 10.5 Å². The lowest BCUT2D eigenvalue weighted by atomic mass is 10.1. The van der Waals surface area contributed by atoms with Gasteiger partial charge in [-0.15, -0.1) is 11.8 Å². The Morgan fingerprint density at radius 3 is 2.40 bits per heavy atom. The van der Waals surface area contributed by atoms with Gasteiger partial charge in [0.2, 0.25) is 0 Å². The highest BCUT2D eigenvalue weighted by Crippen LogP contribution is 2.32. The van der Waals surface area contributed by atoms with Crippen molar-refractivity contribution in [3.05, 3.63) is 65.0 Å². The third-order valence-electron chi connectivity index (χ3n) is 3.57. The van der Waals surface area contributed by atoms with Gasteiger partial charge in [0.05, 0.1) is 16.1 Å². The molecule has 1 aromatic heterocycles. The topological polar surface area (TPSA) is 59.1 Å². The number of anilines is 1. The number of aromatic nitrogens is 1. The summed E-state index contributed by atoms with van der Waals surface area (Å²) in [6.45, 7) is 1.51. The smallest absolute Gasteiger partial charge is 0.258 e. The molecule has 25 heavy (non-hydrogen) atoms. The molecular weight excluding hydrogens is 352 g/mol. The maximum atomic E-state index is 12.6. The van der Waals surface area contributed by atoms with E-state index in [1.807, 2.05) is 54.8 Å². The molecule has 0 aliphatic heterocycles. The average molecular weight is 368 g/mol. The average Bonchev–Trinajstić information content (AvgIpc) is 3.06. The van der Waals surface area contributed by atoms with Crippen molar-refractivity contribution >= 4 is 39.9 Å². The Morgan fingerprint density at radius 2 is 1.72 bits per heavy atom. The van der Waals surface area contributed by atoms with Crippen LogP contribution < -0.4 is 5.32 Å². The number of nitrogens with zero attached hydrogens (tertiary/aromatic N) is 1. The van der Waals surface area contributed by atoms with Crippen molar-refractivity contribution in [3.8, 4) is 11.3 Å². The van der Waals surface area contributed by atoms with Crippen molar-refractivity contribution in [3.63, 3.8) is 0 Å². The van der Waals surface area contributed by atoms with Crippen LogP contribution in [0.2, 0.25) is 0 Å².